The lowest BCUT2D eigenvalue weighted by molar-refractivity contribution is 0.453. The van der Waals surface area contributed by atoms with E-state index >= 15 is 0 Å². The highest BCUT2D eigenvalue weighted by Gasteiger charge is 2.27. The number of aromatic nitrogens is 2. The lowest BCUT2D eigenvalue weighted by Crippen LogP contribution is -2.37. The summed E-state index contributed by atoms with van der Waals surface area (Å²) in [4.78, 5) is 2.05. The number of rotatable bonds is 4. The van der Waals surface area contributed by atoms with E-state index in [1.165, 1.54) is 0 Å². The zero-order chi connectivity index (χ0) is 22.2. The molecule has 1 aromatic heterocycles. The Kier molecular flexibility index (Phi) is 5.49. The van der Waals surface area contributed by atoms with Gasteiger partial charge in [-0.3, -0.25) is 4.72 Å². The van der Waals surface area contributed by atoms with Crippen LogP contribution in [0.2, 0.25) is 0 Å². The number of sulfonamides is 1. The Bertz CT molecular complexity index is 1220. The lowest BCUT2D eigenvalue weighted by Gasteiger charge is -2.34. The molecule has 0 bridgehead atoms. The average molecular weight is 455 g/mol. The summed E-state index contributed by atoms with van der Waals surface area (Å²) < 4.78 is 28.7. The molecular weight excluding hydrogens is 432 g/mol. The first-order valence-corrected chi connectivity index (χ1v) is 11.7. The number of hydrogen-bond acceptors (Lipinski definition) is 5. The topological polar surface area (TPSA) is 75.2 Å². The van der Waals surface area contributed by atoms with Crippen molar-refractivity contribution < 1.29 is 8.42 Å². The molecular formula is C23H23ClN4O2S. The van der Waals surface area contributed by atoms with Crippen molar-refractivity contribution in [3.63, 3.8) is 0 Å². The minimum atomic E-state index is -3.75. The number of halogens is 1. The van der Waals surface area contributed by atoms with Crippen molar-refractivity contribution in [2.45, 2.75) is 31.1 Å². The third-order valence-electron chi connectivity index (χ3n) is 5.19. The number of nitrogens with zero attached hydrogens (tertiary/aromatic N) is 3. The molecule has 2 aliphatic rings. The number of nitrogens with one attached hydrogen (secondary N) is 1. The van der Waals surface area contributed by atoms with Crippen LogP contribution in [-0.2, 0) is 15.4 Å². The third kappa shape index (κ3) is 4.43. The SMILES string of the molecule is CC(C)(C)c1ccc(S(=O)(=O)NC2=CC=C(Cl)C3=CC(c4ccnnc4)=CCN23)cc1. The second-order valence-corrected chi connectivity index (χ2v) is 10.5. The van der Waals surface area contributed by atoms with Gasteiger partial charge in [0.25, 0.3) is 10.0 Å². The molecule has 6 nitrogen and oxygen atoms in total. The monoisotopic (exact) mass is 454 g/mol. The van der Waals surface area contributed by atoms with Gasteiger partial charge in [-0.05, 0) is 53.0 Å². The zero-order valence-electron chi connectivity index (χ0n) is 17.5. The molecule has 2 aliphatic heterocycles. The van der Waals surface area contributed by atoms with Gasteiger partial charge in [0.15, 0.2) is 0 Å². The molecule has 0 saturated carbocycles. The van der Waals surface area contributed by atoms with Crippen LogP contribution in [0.1, 0.15) is 31.9 Å². The summed E-state index contributed by atoms with van der Waals surface area (Å²) in [6.45, 7) is 6.73. The van der Waals surface area contributed by atoms with Crippen molar-refractivity contribution in [2.24, 2.45) is 0 Å². The average Bonchev–Trinajstić information content (AvgIpc) is 2.75. The molecule has 1 N–H and O–H groups in total. The molecule has 31 heavy (non-hydrogen) atoms. The molecule has 0 unspecified atom stereocenters. The number of fused-ring (bicyclic) bond motifs is 1. The smallest absolute Gasteiger partial charge is 0.262 e. The highest BCUT2D eigenvalue weighted by Crippen LogP contribution is 2.34. The van der Waals surface area contributed by atoms with Gasteiger partial charge in [-0.25, -0.2) is 8.42 Å². The summed E-state index contributed by atoms with van der Waals surface area (Å²) in [6.07, 6.45) is 10.6. The van der Waals surface area contributed by atoms with Crippen LogP contribution in [0, 0.1) is 0 Å². The van der Waals surface area contributed by atoms with Gasteiger partial charge in [0.05, 0.1) is 28.0 Å². The molecule has 2 aromatic rings. The van der Waals surface area contributed by atoms with Crippen molar-refractivity contribution in [1.82, 2.24) is 19.8 Å². The summed E-state index contributed by atoms with van der Waals surface area (Å²) in [5.74, 6) is 0.443. The first-order chi connectivity index (χ1) is 14.6. The van der Waals surface area contributed by atoms with Crippen LogP contribution in [0.25, 0.3) is 5.57 Å². The largest absolute Gasteiger partial charge is 0.322 e. The van der Waals surface area contributed by atoms with E-state index in [2.05, 4.69) is 35.7 Å². The predicted octanol–water partition coefficient (Wildman–Crippen LogP) is 4.31. The van der Waals surface area contributed by atoms with Crippen LogP contribution in [0.5, 0.6) is 0 Å². The number of hydrogen-bond donors (Lipinski definition) is 1. The molecule has 0 spiro atoms. The maximum atomic E-state index is 13.0. The van der Waals surface area contributed by atoms with Crippen LogP contribution < -0.4 is 4.72 Å². The first kappa shape index (κ1) is 21.3. The van der Waals surface area contributed by atoms with E-state index in [1.54, 1.807) is 36.7 Å². The fourth-order valence-corrected chi connectivity index (χ4v) is 4.69. The van der Waals surface area contributed by atoms with Crippen LogP contribution in [0.3, 0.4) is 0 Å². The van der Waals surface area contributed by atoms with Crippen molar-refractivity contribution in [3.8, 4) is 0 Å². The highest BCUT2D eigenvalue weighted by atomic mass is 35.5. The third-order valence-corrected chi connectivity index (χ3v) is 6.88. The van der Waals surface area contributed by atoms with Gasteiger partial charge in [0.1, 0.15) is 5.82 Å². The summed E-state index contributed by atoms with van der Waals surface area (Å²) in [5, 5.41) is 8.25. The lowest BCUT2D eigenvalue weighted by atomic mass is 9.87. The minimum absolute atomic E-state index is 0.0506. The summed E-state index contributed by atoms with van der Waals surface area (Å²) >= 11 is 6.43. The van der Waals surface area contributed by atoms with E-state index in [4.69, 9.17) is 11.6 Å². The summed E-state index contributed by atoms with van der Waals surface area (Å²) in [7, 11) is -3.75. The molecule has 0 fully saturated rings. The van der Waals surface area contributed by atoms with E-state index in [0.717, 1.165) is 22.4 Å². The van der Waals surface area contributed by atoms with Crippen molar-refractivity contribution in [3.05, 3.63) is 94.7 Å². The van der Waals surface area contributed by atoms with E-state index < -0.39 is 10.0 Å². The van der Waals surface area contributed by atoms with Crippen LogP contribution in [-0.4, -0.2) is 30.1 Å². The second-order valence-electron chi connectivity index (χ2n) is 8.38. The van der Waals surface area contributed by atoms with Crippen LogP contribution >= 0.6 is 11.6 Å². The summed E-state index contributed by atoms with van der Waals surface area (Å²) in [5.41, 5.74) is 3.61. The van der Waals surface area contributed by atoms with Crippen molar-refractivity contribution in [2.75, 3.05) is 6.54 Å². The Morgan fingerprint density at radius 3 is 2.45 bits per heavy atom. The highest BCUT2D eigenvalue weighted by molar-refractivity contribution is 7.89. The van der Waals surface area contributed by atoms with Crippen molar-refractivity contribution >= 4 is 27.2 Å². The summed E-state index contributed by atoms with van der Waals surface area (Å²) in [6, 6.07) is 8.84. The van der Waals surface area contributed by atoms with E-state index in [9.17, 15) is 8.42 Å². The fourth-order valence-electron chi connectivity index (χ4n) is 3.41. The normalized spacial score (nSPS) is 16.6. The number of benzene rings is 1. The molecule has 0 saturated heterocycles. The van der Waals surface area contributed by atoms with Crippen molar-refractivity contribution in [1.29, 1.82) is 0 Å². The minimum Gasteiger partial charge on any atom is -0.322 e. The quantitative estimate of drug-likeness (QED) is 0.744. The Morgan fingerprint density at radius 2 is 1.81 bits per heavy atom. The van der Waals surface area contributed by atoms with Gasteiger partial charge < -0.3 is 4.90 Å². The second kappa shape index (κ2) is 7.98. The Labute approximate surface area is 187 Å². The van der Waals surface area contributed by atoms with Gasteiger partial charge in [0.2, 0.25) is 0 Å². The van der Waals surface area contributed by atoms with Crippen LogP contribution in [0.4, 0.5) is 0 Å². The molecule has 1 aromatic carbocycles. The fraction of sp³-hybridized carbons (Fsp3) is 0.217. The molecule has 4 rings (SSSR count). The number of allylic oxidation sites excluding steroid dienone is 5. The van der Waals surface area contributed by atoms with Gasteiger partial charge >= 0.3 is 0 Å². The zero-order valence-corrected chi connectivity index (χ0v) is 19.1. The van der Waals surface area contributed by atoms with E-state index in [1.807, 2.05) is 35.3 Å². The Morgan fingerprint density at radius 1 is 1.06 bits per heavy atom. The van der Waals surface area contributed by atoms with E-state index in [0.29, 0.717) is 17.4 Å². The standard InChI is InChI=1S/C23H23ClN4O2S/c1-23(2,3)18-4-6-19(7-5-18)31(29,30)27-22-9-8-20(24)21-14-16(11-13-28(21)22)17-10-12-25-26-15-17/h4-12,14-15,27H,13H2,1-3H3. The Balaban J connectivity index is 1.59. The molecule has 0 aliphatic carbocycles. The van der Waals surface area contributed by atoms with Gasteiger partial charge in [-0.15, -0.1) is 0 Å². The molecule has 0 atom stereocenters. The molecule has 0 amide bonds. The molecule has 160 valence electrons. The van der Waals surface area contributed by atoms with Gasteiger partial charge in [-0.1, -0.05) is 50.6 Å². The van der Waals surface area contributed by atoms with Crippen LogP contribution in [0.15, 0.2) is 88.5 Å². The predicted molar refractivity (Wildman–Crippen MR) is 122 cm³/mol. The van der Waals surface area contributed by atoms with E-state index in [-0.39, 0.29) is 10.3 Å². The van der Waals surface area contributed by atoms with Gasteiger partial charge in [0, 0.05) is 12.1 Å². The first-order valence-electron chi connectivity index (χ1n) is 9.83. The maximum absolute atomic E-state index is 13.0. The molecule has 8 heteroatoms. The molecule has 0 radical (unpaired) electrons. The van der Waals surface area contributed by atoms with Gasteiger partial charge in [-0.2, -0.15) is 10.2 Å². The Hall–Kier alpha value is -2.90. The maximum Gasteiger partial charge on any atom is 0.262 e. The molecule has 3 heterocycles.